The zero-order chi connectivity index (χ0) is 18.3. The van der Waals surface area contributed by atoms with E-state index < -0.39 is 0 Å². The van der Waals surface area contributed by atoms with Crippen LogP contribution in [0.1, 0.15) is 23.0 Å². The van der Waals surface area contributed by atoms with Crippen molar-refractivity contribution in [1.82, 2.24) is 4.98 Å². The second-order valence-corrected chi connectivity index (χ2v) is 6.92. The van der Waals surface area contributed by atoms with Crippen LogP contribution in [0.2, 0.25) is 0 Å². The minimum atomic E-state index is -0.333. The summed E-state index contributed by atoms with van der Waals surface area (Å²) in [6.45, 7) is 3.32. The summed E-state index contributed by atoms with van der Waals surface area (Å²) in [5.74, 6) is -0.188. The number of aromatic nitrogens is 1. The maximum Gasteiger partial charge on any atom is 0.293 e. The molecule has 2 amide bonds. The highest BCUT2D eigenvalue weighted by Crippen LogP contribution is 2.30. The summed E-state index contributed by atoms with van der Waals surface area (Å²) >= 11 is 1.34. The van der Waals surface area contributed by atoms with E-state index >= 15 is 0 Å². The average Bonchev–Trinajstić information content (AvgIpc) is 3.15. The van der Waals surface area contributed by atoms with Gasteiger partial charge in [0.15, 0.2) is 10.9 Å². The molecule has 6 nitrogen and oxygen atoms in total. The average molecular weight is 365 g/mol. The number of aryl methyl sites for hydroxylation is 1. The highest BCUT2D eigenvalue weighted by molar-refractivity contribution is 7.22. The number of nitrogens with zero attached hydrogens (tertiary/aromatic N) is 1. The van der Waals surface area contributed by atoms with Crippen LogP contribution in [0.4, 0.5) is 10.8 Å². The number of benzene rings is 2. The Labute approximate surface area is 152 Å². The van der Waals surface area contributed by atoms with Crippen molar-refractivity contribution >= 4 is 55.2 Å². The number of carbonyl (C=O) groups is 2. The summed E-state index contributed by atoms with van der Waals surface area (Å²) in [6.07, 6.45) is 0. The van der Waals surface area contributed by atoms with Crippen LogP contribution in [0, 0.1) is 6.92 Å². The molecule has 4 rings (SSSR count). The van der Waals surface area contributed by atoms with Crippen molar-refractivity contribution < 1.29 is 14.0 Å². The van der Waals surface area contributed by atoms with Crippen molar-refractivity contribution in [3.63, 3.8) is 0 Å². The topological polar surface area (TPSA) is 84.2 Å². The number of hydrogen-bond acceptors (Lipinski definition) is 5. The normalized spacial score (nSPS) is 11.0. The molecule has 0 fully saturated rings. The molecule has 0 bridgehead atoms. The Morgan fingerprint density at radius 3 is 2.69 bits per heavy atom. The van der Waals surface area contributed by atoms with Crippen LogP contribution in [0.25, 0.3) is 21.2 Å². The van der Waals surface area contributed by atoms with E-state index in [1.165, 1.54) is 18.3 Å². The Morgan fingerprint density at radius 1 is 1.12 bits per heavy atom. The predicted octanol–water partition coefficient (Wildman–Crippen LogP) is 4.56. The molecule has 0 aliphatic carbocycles. The summed E-state index contributed by atoms with van der Waals surface area (Å²) in [4.78, 5) is 28.2. The quantitative estimate of drug-likeness (QED) is 0.557. The standard InChI is InChI=1S/C19H15N3O3S/c1-10-13-5-3-4-6-15(13)25-17(10)18(24)22-19-21-14-8-7-12(20-11(2)23)9-16(14)26-19/h3-9H,1-2H3,(H,20,23)(H,21,22,24). The third-order valence-electron chi connectivity index (χ3n) is 3.98. The largest absolute Gasteiger partial charge is 0.451 e. The van der Waals surface area contributed by atoms with Crippen LogP contribution in [0.5, 0.6) is 0 Å². The molecule has 2 N–H and O–H groups in total. The lowest BCUT2D eigenvalue weighted by atomic mass is 10.1. The van der Waals surface area contributed by atoms with Gasteiger partial charge in [-0.3, -0.25) is 14.9 Å². The Morgan fingerprint density at radius 2 is 1.92 bits per heavy atom. The van der Waals surface area contributed by atoms with Crippen molar-refractivity contribution in [2.45, 2.75) is 13.8 Å². The number of nitrogens with one attached hydrogen (secondary N) is 2. The number of amides is 2. The van der Waals surface area contributed by atoms with E-state index in [4.69, 9.17) is 4.42 Å². The number of furan rings is 1. The first kappa shape index (κ1) is 16.3. The molecule has 2 heterocycles. The zero-order valence-electron chi connectivity index (χ0n) is 14.1. The third kappa shape index (κ3) is 2.93. The molecule has 0 radical (unpaired) electrons. The molecule has 2 aromatic carbocycles. The second kappa shape index (κ2) is 6.27. The van der Waals surface area contributed by atoms with Crippen LogP contribution in [0.15, 0.2) is 46.9 Å². The van der Waals surface area contributed by atoms with Crippen LogP contribution in [-0.4, -0.2) is 16.8 Å². The molecule has 0 unspecified atom stereocenters. The van der Waals surface area contributed by atoms with Gasteiger partial charge in [-0.05, 0) is 31.2 Å². The fourth-order valence-corrected chi connectivity index (χ4v) is 3.70. The summed E-state index contributed by atoms with van der Waals surface area (Å²) in [6, 6.07) is 12.9. The SMILES string of the molecule is CC(=O)Nc1ccc2nc(NC(=O)c3oc4ccccc4c3C)sc2c1. The van der Waals surface area contributed by atoms with E-state index in [1.807, 2.05) is 37.3 Å². The molecular weight excluding hydrogens is 350 g/mol. The van der Waals surface area contributed by atoms with Gasteiger partial charge in [-0.15, -0.1) is 0 Å². The number of hydrogen-bond donors (Lipinski definition) is 2. The Hall–Kier alpha value is -3.19. The number of para-hydroxylation sites is 1. The van der Waals surface area contributed by atoms with Gasteiger partial charge in [0.2, 0.25) is 5.91 Å². The van der Waals surface area contributed by atoms with Crippen LogP contribution < -0.4 is 10.6 Å². The maximum absolute atomic E-state index is 12.6. The van der Waals surface area contributed by atoms with Gasteiger partial charge in [0.05, 0.1) is 10.2 Å². The van der Waals surface area contributed by atoms with Crippen LogP contribution in [0.3, 0.4) is 0 Å². The molecule has 7 heteroatoms. The van der Waals surface area contributed by atoms with E-state index in [-0.39, 0.29) is 17.6 Å². The lowest BCUT2D eigenvalue weighted by Crippen LogP contribution is -2.11. The van der Waals surface area contributed by atoms with Crippen LogP contribution >= 0.6 is 11.3 Å². The number of carbonyl (C=O) groups excluding carboxylic acids is 2. The van der Waals surface area contributed by atoms with E-state index in [0.29, 0.717) is 16.4 Å². The predicted molar refractivity (Wildman–Crippen MR) is 103 cm³/mol. The summed E-state index contributed by atoms with van der Waals surface area (Å²) < 4.78 is 6.56. The third-order valence-corrected chi connectivity index (χ3v) is 4.91. The van der Waals surface area contributed by atoms with Crippen molar-refractivity contribution in [1.29, 1.82) is 0 Å². The van der Waals surface area contributed by atoms with Gasteiger partial charge in [-0.25, -0.2) is 4.98 Å². The van der Waals surface area contributed by atoms with Crippen molar-refractivity contribution in [2.24, 2.45) is 0 Å². The molecule has 0 spiro atoms. The monoisotopic (exact) mass is 365 g/mol. The number of anilines is 2. The second-order valence-electron chi connectivity index (χ2n) is 5.89. The lowest BCUT2D eigenvalue weighted by molar-refractivity contribution is -0.114. The molecule has 130 valence electrons. The summed E-state index contributed by atoms with van der Waals surface area (Å²) in [7, 11) is 0. The van der Waals surface area contributed by atoms with Crippen LogP contribution in [-0.2, 0) is 4.79 Å². The molecule has 0 aliphatic rings. The van der Waals surface area contributed by atoms with Gasteiger partial charge in [0.1, 0.15) is 5.58 Å². The Kier molecular flexibility index (Phi) is 3.93. The van der Waals surface area contributed by atoms with E-state index in [0.717, 1.165) is 21.2 Å². The van der Waals surface area contributed by atoms with Gasteiger partial charge in [-0.2, -0.15) is 0 Å². The molecule has 0 atom stereocenters. The van der Waals surface area contributed by atoms with Gasteiger partial charge in [0, 0.05) is 23.6 Å². The van der Waals surface area contributed by atoms with Gasteiger partial charge >= 0.3 is 0 Å². The van der Waals surface area contributed by atoms with Crippen molar-refractivity contribution in [3.8, 4) is 0 Å². The lowest BCUT2D eigenvalue weighted by Gasteiger charge is -1.99. The fraction of sp³-hybridized carbons (Fsp3) is 0.105. The molecule has 0 saturated carbocycles. The molecule has 26 heavy (non-hydrogen) atoms. The van der Waals surface area contributed by atoms with Crippen molar-refractivity contribution in [3.05, 3.63) is 53.8 Å². The number of thiazole rings is 1. The van der Waals surface area contributed by atoms with Gasteiger partial charge in [0.25, 0.3) is 5.91 Å². The highest BCUT2D eigenvalue weighted by Gasteiger charge is 2.18. The van der Waals surface area contributed by atoms with E-state index in [9.17, 15) is 9.59 Å². The minimum absolute atomic E-state index is 0.136. The Balaban J connectivity index is 1.62. The first-order chi connectivity index (χ1) is 12.5. The molecule has 0 aliphatic heterocycles. The molecular formula is C19H15N3O3S. The van der Waals surface area contributed by atoms with E-state index in [1.54, 1.807) is 12.1 Å². The highest BCUT2D eigenvalue weighted by atomic mass is 32.1. The smallest absolute Gasteiger partial charge is 0.293 e. The molecule has 2 aromatic heterocycles. The fourth-order valence-electron chi connectivity index (χ4n) is 2.80. The van der Waals surface area contributed by atoms with Gasteiger partial charge < -0.3 is 9.73 Å². The first-order valence-electron chi connectivity index (χ1n) is 7.99. The molecule has 0 saturated heterocycles. The first-order valence-corrected chi connectivity index (χ1v) is 8.80. The molecule has 4 aromatic rings. The van der Waals surface area contributed by atoms with Gasteiger partial charge in [-0.1, -0.05) is 29.5 Å². The maximum atomic E-state index is 12.6. The summed E-state index contributed by atoms with van der Waals surface area (Å²) in [5.41, 5.74) is 2.92. The van der Waals surface area contributed by atoms with Crippen molar-refractivity contribution in [2.75, 3.05) is 10.6 Å². The minimum Gasteiger partial charge on any atom is -0.451 e. The van der Waals surface area contributed by atoms with E-state index in [2.05, 4.69) is 15.6 Å². The summed E-state index contributed by atoms with van der Waals surface area (Å²) in [5, 5.41) is 6.92. The number of rotatable bonds is 3. The Bertz CT molecular complexity index is 1160. The number of fused-ring (bicyclic) bond motifs is 2. The zero-order valence-corrected chi connectivity index (χ0v) is 14.9.